The first-order valence-electron chi connectivity index (χ1n) is 6.15. The fourth-order valence-electron chi connectivity index (χ4n) is 1.86. The first kappa shape index (κ1) is 13.9. The Bertz CT molecular complexity index is 561. The second-order valence-corrected chi connectivity index (χ2v) is 4.98. The molecule has 1 aromatic carbocycles. The van der Waals surface area contributed by atoms with Gasteiger partial charge in [-0.05, 0) is 31.5 Å². The van der Waals surface area contributed by atoms with Gasteiger partial charge in [0.15, 0.2) is 0 Å². The maximum Gasteiger partial charge on any atom is 0.133 e. The maximum absolute atomic E-state index is 6.15. The van der Waals surface area contributed by atoms with Gasteiger partial charge in [-0.1, -0.05) is 23.7 Å². The second-order valence-electron chi connectivity index (χ2n) is 4.62. The van der Waals surface area contributed by atoms with Gasteiger partial charge in [0.2, 0.25) is 0 Å². The van der Waals surface area contributed by atoms with Crippen LogP contribution < -0.4 is 10.5 Å². The molecule has 1 atom stereocenters. The summed E-state index contributed by atoms with van der Waals surface area (Å²) in [6.07, 6.45) is 0. The zero-order chi connectivity index (χ0) is 14.0. The number of benzene rings is 1. The zero-order valence-electron chi connectivity index (χ0n) is 11.4. The van der Waals surface area contributed by atoms with E-state index in [1.165, 1.54) is 0 Å². The van der Waals surface area contributed by atoms with Crippen LogP contribution in [-0.4, -0.2) is 9.78 Å². The van der Waals surface area contributed by atoms with Crippen molar-refractivity contribution in [2.45, 2.75) is 26.5 Å². The van der Waals surface area contributed by atoms with Crippen molar-refractivity contribution >= 4 is 11.6 Å². The van der Waals surface area contributed by atoms with E-state index in [1.54, 1.807) is 4.68 Å². The standard InChI is InChI=1S/C14H18ClN3O/c1-9(16)11-4-6-12(7-5-11)19-8-13-10(2)17-18(3)14(13)15/h4-7,9H,8,16H2,1-3H3/t9-/m1/s1. The average Bonchev–Trinajstić information content (AvgIpc) is 2.62. The molecule has 1 heterocycles. The summed E-state index contributed by atoms with van der Waals surface area (Å²) in [6.45, 7) is 4.29. The molecule has 5 heteroatoms. The number of hydrogen-bond donors (Lipinski definition) is 1. The largest absolute Gasteiger partial charge is 0.489 e. The minimum absolute atomic E-state index is 0.0315. The van der Waals surface area contributed by atoms with E-state index in [-0.39, 0.29) is 6.04 Å². The maximum atomic E-state index is 6.15. The Labute approximate surface area is 118 Å². The van der Waals surface area contributed by atoms with Gasteiger partial charge in [-0.3, -0.25) is 4.68 Å². The Hall–Kier alpha value is -1.52. The third-order valence-corrected chi connectivity index (χ3v) is 3.53. The predicted molar refractivity (Wildman–Crippen MR) is 76.3 cm³/mol. The van der Waals surface area contributed by atoms with Crippen molar-refractivity contribution in [2.24, 2.45) is 12.8 Å². The molecule has 4 nitrogen and oxygen atoms in total. The van der Waals surface area contributed by atoms with Crippen molar-refractivity contribution in [1.82, 2.24) is 9.78 Å². The van der Waals surface area contributed by atoms with Gasteiger partial charge in [-0.15, -0.1) is 0 Å². The van der Waals surface area contributed by atoms with E-state index in [0.717, 1.165) is 22.6 Å². The van der Waals surface area contributed by atoms with E-state index in [1.807, 2.05) is 45.2 Å². The number of nitrogens with zero attached hydrogens (tertiary/aromatic N) is 2. The Kier molecular flexibility index (Phi) is 4.12. The van der Waals surface area contributed by atoms with Crippen LogP contribution in [-0.2, 0) is 13.7 Å². The van der Waals surface area contributed by atoms with Crippen molar-refractivity contribution in [2.75, 3.05) is 0 Å². The lowest BCUT2D eigenvalue weighted by Crippen LogP contribution is -2.04. The fourth-order valence-corrected chi connectivity index (χ4v) is 2.09. The van der Waals surface area contributed by atoms with Crippen LogP contribution in [0, 0.1) is 6.92 Å². The lowest BCUT2D eigenvalue weighted by Gasteiger charge is -2.09. The topological polar surface area (TPSA) is 53.1 Å². The van der Waals surface area contributed by atoms with Gasteiger partial charge in [0.05, 0.1) is 5.69 Å². The van der Waals surface area contributed by atoms with Gasteiger partial charge in [-0.25, -0.2) is 0 Å². The summed E-state index contributed by atoms with van der Waals surface area (Å²) < 4.78 is 7.37. The highest BCUT2D eigenvalue weighted by atomic mass is 35.5. The van der Waals surface area contributed by atoms with Crippen LogP contribution in [0.25, 0.3) is 0 Å². The quantitative estimate of drug-likeness (QED) is 0.936. The molecule has 0 unspecified atom stereocenters. The van der Waals surface area contributed by atoms with E-state index >= 15 is 0 Å². The minimum Gasteiger partial charge on any atom is -0.489 e. The molecule has 19 heavy (non-hydrogen) atoms. The molecule has 0 bridgehead atoms. The Morgan fingerprint density at radius 2 is 2.00 bits per heavy atom. The van der Waals surface area contributed by atoms with Crippen molar-refractivity contribution < 1.29 is 4.74 Å². The van der Waals surface area contributed by atoms with E-state index in [4.69, 9.17) is 22.1 Å². The number of aryl methyl sites for hydroxylation is 2. The summed E-state index contributed by atoms with van der Waals surface area (Å²) in [5.74, 6) is 0.795. The normalized spacial score (nSPS) is 12.5. The summed E-state index contributed by atoms with van der Waals surface area (Å²) in [6, 6.07) is 7.80. The van der Waals surface area contributed by atoms with Crippen molar-refractivity contribution in [3.8, 4) is 5.75 Å². The minimum atomic E-state index is 0.0315. The molecule has 102 valence electrons. The van der Waals surface area contributed by atoms with Gasteiger partial charge in [-0.2, -0.15) is 5.10 Å². The van der Waals surface area contributed by atoms with Crippen LogP contribution in [0.4, 0.5) is 0 Å². The number of rotatable bonds is 4. The SMILES string of the molecule is Cc1nn(C)c(Cl)c1COc1ccc([C@@H](C)N)cc1. The Morgan fingerprint density at radius 1 is 1.37 bits per heavy atom. The zero-order valence-corrected chi connectivity index (χ0v) is 12.1. The molecule has 0 saturated heterocycles. The van der Waals surface area contributed by atoms with Gasteiger partial charge in [0, 0.05) is 18.7 Å². The van der Waals surface area contributed by atoms with Crippen molar-refractivity contribution in [3.05, 3.63) is 46.2 Å². The fraction of sp³-hybridized carbons (Fsp3) is 0.357. The van der Waals surface area contributed by atoms with E-state index in [0.29, 0.717) is 11.8 Å². The second kappa shape index (κ2) is 5.63. The molecule has 0 fully saturated rings. The first-order valence-corrected chi connectivity index (χ1v) is 6.53. The van der Waals surface area contributed by atoms with Gasteiger partial charge >= 0.3 is 0 Å². The number of nitrogens with two attached hydrogens (primary N) is 1. The Balaban J connectivity index is 2.06. The molecule has 2 rings (SSSR count). The van der Waals surface area contributed by atoms with Crippen LogP contribution in [0.5, 0.6) is 5.75 Å². The molecular weight excluding hydrogens is 262 g/mol. The number of hydrogen-bond acceptors (Lipinski definition) is 3. The molecule has 2 N–H and O–H groups in total. The summed E-state index contributed by atoms with van der Waals surface area (Å²) in [4.78, 5) is 0. The molecule has 0 spiro atoms. The molecule has 0 saturated carbocycles. The number of halogens is 1. The van der Waals surface area contributed by atoms with E-state index < -0.39 is 0 Å². The van der Waals surface area contributed by atoms with Crippen LogP contribution in [0.1, 0.15) is 29.8 Å². The number of ether oxygens (including phenoxy) is 1. The molecule has 0 amide bonds. The average molecular weight is 280 g/mol. The van der Waals surface area contributed by atoms with Gasteiger partial charge in [0.1, 0.15) is 17.5 Å². The van der Waals surface area contributed by atoms with Crippen LogP contribution in [0.3, 0.4) is 0 Å². The molecule has 0 aliphatic rings. The van der Waals surface area contributed by atoms with Crippen LogP contribution in [0.2, 0.25) is 5.15 Å². The Morgan fingerprint density at radius 3 is 2.47 bits per heavy atom. The van der Waals surface area contributed by atoms with E-state index in [9.17, 15) is 0 Å². The van der Waals surface area contributed by atoms with E-state index in [2.05, 4.69) is 5.10 Å². The van der Waals surface area contributed by atoms with Gasteiger partial charge < -0.3 is 10.5 Å². The predicted octanol–water partition coefficient (Wildman–Crippen LogP) is 2.98. The highest BCUT2D eigenvalue weighted by Crippen LogP contribution is 2.22. The van der Waals surface area contributed by atoms with Crippen LogP contribution >= 0.6 is 11.6 Å². The third kappa shape index (κ3) is 3.08. The summed E-state index contributed by atoms with van der Waals surface area (Å²) in [5.41, 5.74) is 8.69. The molecule has 0 aliphatic carbocycles. The highest BCUT2D eigenvalue weighted by Gasteiger charge is 2.11. The van der Waals surface area contributed by atoms with Crippen LogP contribution in [0.15, 0.2) is 24.3 Å². The number of aromatic nitrogens is 2. The third-order valence-electron chi connectivity index (χ3n) is 3.06. The molecule has 2 aromatic rings. The molecular formula is C14H18ClN3O. The summed E-state index contributed by atoms with van der Waals surface area (Å²) in [7, 11) is 1.82. The summed E-state index contributed by atoms with van der Waals surface area (Å²) in [5, 5.41) is 4.86. The molecule has 0 aliphatic heterocycles. The first-order chi connectivity index (χ1) is 8.99. The van der Waals surface area contributed by atoms with Crippen molar-refractivity contribution in [1.29, 1.82) is 0 Å². The lowest BCUT2D eigenvalue weighted by atomic mass is 10.1. The molecule has 1 aromatic heterocycles. The smallest absolute Gasteiger partial charge is 0.133 e. The monoisotopic (exact) mass is 279 g/mol. The molecule has 0 radical (unpaired) electrons. The lowest BCUT2D eigenvalue weighted by molar-refractivity contribution is 0.305. The van der Waals surface area contributed by atoms with Gasteiger partial charge in [0.25, 0.3) is 0 Å². The summed E-state index contributed by atoms with van der Waals surface area (Å²) >= 11 is 6.15. The van der Waals surface area contributed by atoms with Crippen molar-refractivity contribution in [3.63, 3.8) is 0 Å². The highest BCUT2D eigenvalue weighted by molar-refractivity contribution is 6.30.